The van der Waals surface area contributed by atoms with E-state index in [2.05, 4.69) is 11.7 Å². The molecular formula is C18H34O4. The molecule has 0 aromatic carbocycles. The van der Waals surface area contributed by atoms with Crippen molar-refractivity contribution in [3.63, 3.8) is 0 Å². The van der Waals surface area contributed by atoms with Gasteiger partial charge in [-0.2, -0.15) is 0 Å². The summed E-state index contributed by atoms with van der Waals surface area (Å²) < 4.78 is 9.63. The molecular weight excluding hydrogens is 280 g/mol. The Morgan fingerprint density at radius 2 is 1.27 bits per heavy atom. The summed E-state index contributed by atoms with van der Waals surface area (Å²) in [5.41, 5.74) is 0. The van der Waals surface area contributed by atoms with E-state index in [1.807, 2.05) is 0 Å². The van der Waals surface area contributed by atoms with Crippen LogP contribution in [-0.2, 0) is 19.1 Å². The molecule has 4 heteroatoms. The summed E-state index contributed by atoms with van der Waals surface area (Å²) in [5.74, 6) is -0.888. The van der Waals surface area contributed by atoms with E-state index in [0.29, 0.717) is 6.42 Å². The van der Waals surface area contributed by atoms with Gasteiger partial charge in [-0.15, -0.1) is 0 Å². The van der Waals surface area contributed by atoms with E-state index < -0.39 is 18.0 Å². The summed E-state index contributed by atoms with van der Waals surface area (Å²) in [4.78, 5) is 22.4. The van der Waals surface area contributed by atoms with Crippen LogP contribution in [0.25, 0.3) is 0 Å². The number of hydrogen-bond donors (Lipinski definition) is 0. The van der Waals surface area contributed by atoms with Crippen molar-refractivity contribution in [3.05, 3.63) is 0 Å². The highest BCUT2D eigenvalue weighted by Crippen LogP contribution is 2.14. The lowest BCUT2D eigenvalue weighted by Gasteiger charge is -2.14. The largest absolute Gasteiger partial charge is 0.466 e. The third-order valence-corrected chi connectivity index (χ3v) is 3.84. The minimum absolute atomic E-state index is 0.432. The Kier molecular flexibility index (Phi) is 14.1. The summed E-state index contributed by atoms with van der Waals surface area (Å²) in [5, 5.41) is 0. The van der Waals surface area contributed by atoms with Gasteiger partial charge in [0.05, 0.1) is 7.11 Å². The molecule has 130 valence electrons. The fourth-order valence-electron chi connectivity index (χ4n) is 2.55. The fourth-order valence-corrected chi connectivity index (χ4v) is 2.55. The molecule has 0 aromatic rings. The molecule has 0 saturated heterocycles. The Labute approximate surface area is 135 Å². The maximum Gasteiger partial charge on any atom is 0.347 e. The topological polar surface area (TPSA) is 52.6 Å². The minimum atomic E-state index is -0.735. The van der Waals surface area contributed by atoms with Crippen molar-refractivity contribution >= 4 is 11.9 Å². The average Bonchev–Trinajstić information content (AvgIpc) is 2.50. The van der Waals surface area contributed by atoms with E-state index >= 15 is 0 Å². The molecule has 0 N–H and O–H groups in total. The number of carbonyl (C=O) groups excluding carboxylic acids is 2. The average molecular weight is 314 g/mol. The van der Waals surface area contributed by atoms with Gasteiger partial charge in [-0.05, 0) is 12.8 Å². The predicted octanol–water partition coefficient (Wildman–Crippen LogP) is 4.79. The van der Waals surface area contributed by atoms with Crippen molar-refractivity contribution in [2.75, 3.05) is 7.11 Å². The normalized spacial score (nSPS) is 12.0. The van der Waals surface area contributed by atoms with Crippen molar-refractivity contribution in [3.8, 4) is 0 Å². The first-order valence-corrected chi connectivity index (χ1v) is 8.86. The highest BCUT2D eigenvalue weighted by molar-refractivity contribution is 5.78. The van der Waals surface area contributed by atoms with E-state index in [-0.39, 0.29) is 0 Å². The molecule has 0 amide bonds. The molecule has 0 rings (SSSR count). The number of rotatable bonds is 14. The minimum Gasteiger partial charge on any atom is -0.466 e. The molecule has 22 heavy (non-hydrogen) atoms. The molecule has 1 atom stereocenters. The van der Waals surface area contributed by atoms with Crippen molar-refractivity contribution < 1.29 is 19.1 Å². The molecule has 0 heterocycles. The second-order valence-electron chi connectivity index (χ2n) is 5.95. The first kappa shape index (κ1) is 20.9. The fraction of sp³-hybridized carbons (Fsp3) is 0.889. The molecule has 0 unspecified atom stereocenters. The van der Waals surface area contributed by atoms with Crippen LogP contribution in [0.5, 0.6) is 0 Å². The standard InChI is InChI=1S/C18H34O4/c1-4-5-6-7-8-9-10-11-12-13-14-15-17(18(20)21-3)22-16(2)19/h17H,4-15H2,1-3H3/t17-/m1/s1. The van der Waals surface area contributed by atoms with Crippen LogP contribution in [0.4, 0.5) is 0 Å². The highest BCUT2D eigenvalue weighted by Gasteiger charge is 2.21. The molecule has 0 bridgehead atoms. The third kappa shape index (κ3) is 12.7. The monoisotopic (exact) mass is 314 g/mol. The van der Waals surface area contributed by atoms with Crippen molar-refractivity contribution in [2.24, 2.45) is 0 Å². The van der Waals surface area contributed by atoms with Crippen LogP contribution in [0.3, 0.4) is 0 Å². The zero-order valence-corrected chi connectivity index (χ0v) is 14.7. The van der Waals surface area contributed by atoms with Crippen LogP contribution in [0.1, 0.15) is 90.9 Å². The summed E-state index contributed by atoms with van der Waals surface area (Å²) in [6.45, 7) is 3.56. The summed E-state index contributed by atoms with van der Waals surface area (Å²) in [6.07, 6.45) is 13.6. The van der Waals surface area contributed by atoms with Gasteiger partial charge in [0.25, 0.3) is 0 Å². The maximum atomic E-state index is 11.5. The van der Waals surface area contributed by atoms with Crippen LogP contribution in [0.2, 0.25) is 0 Å². The molecule has 0 fully saturated rings. The Balaban J connectivity index is 3.49. The Morgan fingerprint density at radius 3 is 1.68 bits per heavy atom. The van der Waals surface area contributed by atoms with Gasteiger partial charge in [0.15, 0.2) is 6.10 Å². The Morgan fingerprint density at radius 1 is 0.818 bits per heavy atom. The van der Waals surface area contributed by atoms with Crippen LogP contribution >= 0.6 is 0 Å². The van der Waals surface area contributed by atoms with Crippen LogP contribution in [0, 0.1) is 0 Å². The molecule has 0 spiro atoms. The van der Waals surface area contributed by atoms with E-state index in [9.17, 15) is 9.59 Å². The molecule has 0 radical (unpaired) electrons. The zero-order chi connectivity index (χ0) is 16.6. The third-order valence-electron chi connectivity index (χ3n) is 3.84. The van der Waals surface area contributed by atoms with Crippen LogP contribution in [0.15, 0.2) is 0 Å². The number of esters is 2. The van der Waals surface area contributed by atoms with E-state index in [1.165, 1.54) is 71.8 Å². The number of hydrogen-bond acceptors (Lipinski definition) is 4. The van der Waals surface area contributed by atoms with Crippen molar-refractivity contribution in [1.82, 2.24) is 0 Å². The highest BCUT2D eigenvalue weighted by atomic mass is 16.6. The lowest BCUT2D eigenvalue weighted by Crippen LogP contribution is -2.27. The van der Waals surface area contributed by atoms with E-state index in [1.54, 1.807) is 0 Å². The Bertz CT molecular complexity index is 289. The number of ether oxygens (including phenoxy) is 2. The van der Waals surface area contributed by atoms with Gasteiger partial charge in [-0.3, -0.25) is 4.79 Å². The van der Waals surface area contributed by atoms with Gasteiger partial charge in [-0.1, -0.05) is 71.1 Å². The van der Waals surface area contributed by atoms with Crippen molar-refractivity contribution in [1.29, 1.82) is 0 Å². The Hall–Kier alpha value is -1.06. The molecule has 0 aliphatic heterocycles. The van der Waals surface area contributed by atoms with Gasteiger partial charge in [-0.25, -0.2) is 4.79 Å². The van der Waals surface area contributed by atoms with Gasteiger partial charge in [0.1, 0.15) is 0 Å². The predicted molar refractivity (Wildman–Crippen MR) is 88.6 cm³/mol. The second-order valence-corrected chi connectivity index (χ2v) is 5.95. The molecule has 0 aromatic heterocycles. The first-order chi connectivity index (χ1) is 10.6. The van der Waals surface area contributed by atoms with Gasteiger partial charge in [0, 0.05) is 6.92 Å². The van der Waals surface area contributed by atoms with Crippen LogP contribution < -0.4 is 0 Å². The molecule has 0 aliphatic rings. The quantitative estimate of drug-likeness (QED) is 0.341. The maximum absolute atomic E-state index is 11.5. The zero-order valence-electron chi connectivity index (χ0n) is 14.7. The smallest absolute Gasteiger partial charge is 0.347 e. The van der Waals surface area contributed by atoms with E-state index in [4.69, 9.17) is 4.74 Å². The number of methoxy groups -OCH3 is 1. The second kappa shape index (κ2) is 14.9. The SMILES string of the molecule is CCCCCCCCCCCCC[C@@H](OC(C)=O)C(=O)OC. The lowest BCUT2D eigenvalue weighted by molar-refractivity contribution is -0.165. The number of unbranched alkanes of at least 4 members (excludes halogenated alkanes) is 10. The molecule has 0 aliphatic carbocycles. The van der Waals surface area contributed by atoms with Gasteiger partial charge < -0.3 is 9.47 Å². The summed E-state index contributed by atoms with van der Waals surface area (Å²) in [7, 11) is 1.32. The lowest BCUT2D eigenvalue weighted by atomic mass is 10.0. The summed E-state index contributed by atoms with van der Waals surface area (Å²) in [6, 6.07) is 0. The van der Waals surface area contributed by atoms with Crippen molar-refractivity contribution in [2.45, 2.75) is 97.0 Å². The first-order valence-electron chi connectivity index (χ1n) is 8.86. The number of carbonyl (C=O) groups is 2. The van der Waals surface area contributed by atoms with Crippen LogP contribution in [-0.4, -0.2) is 25.2 Å². The summed E-state index contributed by atoms with van der Waals surface area (Å²) >= 11 is 0. The van der Waals surface area contributed by atoms with Gasteiger partial charge >= 0.3 is 11.9 Å². The molecule has 0 saturated carbocycles. The van der Waals surface area contributed by atoms with Gasteiger partial charge in [0.2, 0.25) is 0 Å². The molecule has 4 nitrogen and oxygen atoms in total. The van der Waals surface area contributed by atoms with E-state index in [0.717, 1.165) is 12.8 Å².